The highest BCUT2D eigenvalue weighted by molar-refractivity contribution is 7.88. The molecule has 19 heavy (non-hydrogen) atoms. The zero-order valence-electron chi connectivity index (χ0n) is 10.1. The van der Waals surface area contributed by atoms with Crippen LogP contribution in [0.1, 0.15) is 11.1 Å². The molecule has 1 amide bonds. The minimum Gasteiger partial charge on any atom is -0.452 e. The predicted octanol–water partition coefficient (Wildman–Crippen LogP) is -0.339. The molecule has 0 unspecified atom stereocenters. The van der Waals surface area contributed by atoms with E-state index < -0.39 is 16.3 Å². The summed E-state index contributed by atoms with van der Waals surface area (Å²) in [7, 11) is -2.90. The Morgan fingerprint density at radius 3 is 2.42 bits per heavy atom. The molecular formula is C10H14N4O4S. The van der Waals surface area contributed by atoms with Crippen LogP contribution < -0.4 is 15.2 Å². The van der Waals surface area contributed by atoms with E-state index in [1.54, 1.807) is 29.0 Å². The number of methoxy groups -OCH3 is 1. The van der Waals surface area contributed by atoms with Gasteiger partial charge in [0.15, 0.2) is 0 Å². The van der Waals surface area contributed by atoms with Crippen LogP contribution in [0.5, 0.6) is 0 Å². The summed E-state index contributed by atoms with van der Waals surface area (Å²) in [6, 6.07) is 6.44. The number of nitrogens with one attached hydrogen (secondary N) is 3. The number of benzene rings is 1. The van der Waals surface area contributed by atoms with E-state index in [0.29, 0.717) is 11.1 Å². The van der Waals surface area contributed by atoms with Gasteiger partial charge < -0.3 is 10.5 Å². The number of amidine groups is 1. The van der Waals surface area contributed by atoms with Crippen molar-refractivity contribution in [1.82, 2.24) is 9.44 Å². The van der Waals surface area contributed by atoms with Crippen LogP contribution >= 0.6 is 0 Å². The molecule has 0 fully saturated rings. The number of hydrogen-bond donors (Lipinski definition) is 4. The van der Waals surface area contributed by atoms with Gasteiger partial charge >= 0.3 is 16.3 Å². The zero-order chi connectivity index (χ0) is 14.5. The maximum atomic E-state index is 11.4. The Morgan fingerprint density at radius 1 is 1.37 bits per heavy atom. The van der Waals surface area contributed by atoms with Crippen molar-refractivity contribution in [2.24, 2.45) is 5.73 Å². The first-order valence-electron chi connectivity index (χ1n) is 5.13. The minimum atomic E-state index is -3.96. The first kappa shape index (κ1) is 14.9. The lowest BCUT2D eigenvalue weighted by Gasteiger charge is -2.07. The van der Waals surface area contributed by atoms with E-state index in [9.17, 15) is 13.2 Å². The van der Waals surface area contributed by atoms with Crippen molar-refractivity contribution in [2.45, 2.75) is 6.54 Å². The number of rotatable bonds is 5. The highest BCUT2D eigenvalue weighted by atomic mass is 32.2. The molecule has 1 rings (SSSR count). The number of nitrogens with two attached hydrogens (primary N) is 1. The maximum Gasteiger partial charge on any atom is 0.421 e. The topological polar surface area (TPSA) is 134 Å². The molecule has 0 spiro atoms. The van der Waals surface area contributed by atoms with E-state index >= 15 is 0 Å². The number of hydrogen-bond acceptors (Lipinski definition) is 5. The lowest BCUT2D eigenvalue weighted by molar-refractivity contribution is 0.177. The van der Waals surface area contributed by atoms with Crippen LogP contribution in [-0.2, 0) is 21.5 Å². The van der Waals surface area contributed by atoms with Crippen molar-refractivity contribution in [1.29, 1.82) is 5.41 Å². The van der Waals surface area contributed by atoms with Crippen LogP contribution in [0.25, 0.3) is 0 Å². The number of carbonyl (C=O) groups is 1. The molecule has 0 saturated carbocycles. The summed E-state index contributed by atoms with van der Waals surface area (Å²) in [5.41, 5.74) is 6.48. The SMILES string of the molecule is COC(=O)NS(=O)(=O)NCc1ccc(C(=N)N)cc1. The molecule has 104 valence electrons. The van der Waals surface area contributed by atoms with Crippen LogP contribution in [-0.4, -0.2) is 27.5 Å². The van der Waals surface area contributed by atoms with Gasteiger partial charge in [-0.2, -0.15) is 13.1 Å². The van der Waals surface area contributed by atoms with Gasteiger partial charge in [0.05, 0.1) is 7.11 Å². The Morgan fingerprint density at radius 2 is 1.95 bits per heavy atom. The van der Waals surface area contributed by atoms with E-state index in [4.69, 9.17) is 11.1 Å². The summed E-state index contributed by atoms with van der Waals surface area (Å²) in [6.07, 6.45) is -1.07. The number of ether oxygens (including phenoxy) is 1. The van der Waals surface area contributed by atoms with Gasteiger partial charge in [-0.15, -0.1) is 0 Å². The monoisotopic (exact) mass is 286 g/mol. The molecule has 0 aliphatic rings. The van der Waals surface area contributed by atoms with E-state index in [0.717, 1.165) is 7.11 Å². The van der Waals surface area contributed by atoms with Gasteiger partial charge in [-0.05, 0) is 5.56 Å². The fourth-order valence-corrected chi connectivity index (χ4v) is 1.90. The Kier molecular flexibility index (Phi) is 4.84. The highest BCUT2D eigenvalue weighted by Crippen LogP contribution is 2.03. The average Bonchev–Trinajstić information content (AvgIpc) is 2.36. The third kappa shape index (κ3) is 4.94. The van der Waals surface area contributed by atoms with Crippen molar-refractivity contribution < 1.29 is 17.9 Å². The fraction of sp³-hybridized carbons (Fsp3) is 0.200. The number of nitrogen functional groups attached to an aromatic ring is 1. The number of carbonyl (C=O) groups excluding carboxylic acids is 1. The van der Waals surface area contributed by atoms with E-state index in [1.165, 1.54) is 0 Å². The summed E-state index contributed by atoms with van der Waals surface area (Å²) in [5.74, 6) is -0.0699. The van der Waals surface area contributed by atoms with Crippen LogP contribution in [0.4, 0.5) is 4.79 Å². The summed E-state index contributed by atoms with van der Waals surface area (Å²) in [6.45, 7) is -0.00941. The molecule has 9 heteroatoms. The Hall–Kier alpha value is -2.13. The second-order valence-electron chi connectivity index (χ2n) is 3.53. The Bertz CT molecular complexity index is 568. The quantitative estimate of drug-likeness (QED) is 0.434. The second kappa shape index (κ2) is 6.16. The summed E-state index contributed by atoms with van der Waals surface area (Å²) >= 11 is 0. The third-order valence-electron chi connectivity index (χ3n) is 2.13. The first-order chi connectivity index (χ1) is 8.84. The molecule has 1 aromatic rings. The summed E-state index contributed by atoms with van der Waals surface area (Å²) in [4.78, 5) is 10.8. The molecule has 0 atom stereocenters. The highest BCUT2D eigenvalue weighted by Gasteiger charge is 2.13. The fourth-order valence-electron chi connectivity index (χ4n) is 1.17. The smallest absolute Gasteiger partial charge is 0.421 e. The molecule has 0 heterocycles. The molecule has 0 aliphatic heterocycles. The largest absolute Gasteiger partial charge is 0.452 e. The second-order valence-corrected chi connectivity index (χ2v) is 5.03. The van der Waals surface area contributed by atoms with Gasteiger partial charge in [0, 0.05) is 12.1 Å². The third-order valence-corrected chi connectivity index (χ3v) is 3.09. The molecule has 1 aromatic carbocycles. The van der Waals surface area contributed by atoms with Crippen LogP contribution in [0.15, 0.2) is 24.3 Å². The van der Waals surface area contributed by atoms with Crippen molar-refractivity contribution >= 4 is 22.1 Å². The number of amides is 1. The Labute approximate surface area is 110 Å². The molecule has 5 N–H and O–H groups in total. The van der Waals surface area contributed by atoms with Gasteiger partial charge in [-0.3, -0.25) is 5.41 Å². The van der Waals surface area contributed by atoms with Gasteiger partial charge in [0.1, 0.15) is 5.84 Å². The van der Waals surface area contributed by atoms with E-state index in [2.05, 4.69) is 9.46 Å². The van der Waals surface area contributed by atoms with Crippen molar-refractivity contribution in [3.8, 4) is 0 Å². The summed E-state index contributed by atoms with van der Waals surface area (Å²) in [5, 5.41) is 7.21. The maximum absolute atomic E-state index is 11.4. The molecule has 8 nitrogen and oxygen atoms in total. The zero-order valence-corrected chi connectivity index (χ0v) is 11.0. The molecule has 0 aromatic heterocycles. The van der Waals surface area contributed by atoms with Crippen molar-refractivity contribution in [3.63, 3.8) is 0 Å². The lowest BCUT2D eigenvalue weighted by Crippen LogP contribution is -2.39. The van der Waals surface area contributed by atoms with Crippen molar-refractivity contribution in [2.75, 3.05) is 7.11 Å². The summed E-state index contributed by atoms with van der Waals surface area (Å²) < 4.78 is 30.7. The first-order valence-corrected chi connectivity index (χ1v) is 6.61. The molecular weight excluding hydrogens is 272 g/mol. The normalized spacial score (nSPS) is 10.8. The van der Waals surface area contributed by atoms with Crippen LogP contribution in [0.3, 0.4) is 0 Å². The predicted molar refractivity (Wildman–Crippen MR) is 68.8 cm³/mol. The van der Waals surface area contributed by atoms with E-state index in [1.807, 2.05) is 0 Å². The van der Waals surface area contributed by atoms with Crippen molar-refractivity contribution in [3.05, 3.63) is 35.4 Å². The van der Waals surface area contributed by atoms with E-state index in [-0.39, 0.29) is 12.4 Å². The molecule has 0 aliphatic carbocycles. The standard InChI is InChI=1S/C10H14N4O4S/c1-18-10(15)14-19(16,17)13-6-7-2-4-8(5-3-7)9(11)12/h2-5,13H,6H2,1H3,(H3,11,12)(H,14,15). The van der Waals surface area contributed by atoms with Gasteiger partial charge in [-0.1, -0.05) is 24.3 Å². The van der Waals surface area contributed by atoms with Gasteiger partial charge in [-0.25, -0.2) is 9.52 Å². The van der Waals surface area contributed by atoms with Crippen LogP contribution in [0.2, 0.25) is 0 Å². The van der Waals surface area contributed by atoms with Gasteiger partial charge in [0.2, 0.25) is 0 Å². The van der Waals surface area contributed by atoms with Crippen LogP contribution in [0, 0.1) is 5.41 Å². The molecule has 0 bridgehead atoms. The molecule has 0 radical (unpaired) electrons. The Balaban J connectivity index is 2.61. The minimum absolute atomic E-state index is 0.00941. The molecule has 0 saturated heterocycles. The van der Waals surface area contributed by atoms with Gasteiger partial charge in [0.25, 0.3) is 0 Å². The lowest BCUT2D eigenvalue weighted by atomic mass is 10.1. The average molecular weight is 286 g/mol.